The van der Waals surface area contributed by atoms with E-state index in [4.69, 9.17) is 9.47 Å². The summed E-state index contributed by atoms with van der Waals surface area (Å²) in [5.41, 5.74) is 0. The van der Waals surface area contributed by atoms with Gasteiger partial charge in [0, 0.05) is 0 Å². The molecule has 1 saturated heterocycles. The fourth-order valence-electron chi connectivity index (χ4n) is 1.12. The van der Waals surface area contributed by atoms with Crippen molar-refractivity contribution in [1.82, 2.24) is 0 Å². The summed E-state index contributed by atoms with van der Waals surface area (Å²) in [4.78, 5) is 11.2. The third-order valence-electron chi connectivity index (χ3n) is 1.84. The molecule has 0 aromatic heterocycles. The topological polar surface area (TPSA) is 55.8 Å². The van der Waals surface area contributed by atoms with Crippen molar-refractivity contribution < 1.29 is 19.4 Å². The molecular formula is C9H14O4. The number of carbonyl (C=O) groups is 1. The zero-order valence-corrected chi connectivity index (χ0v) is 7.82. The Balaban J connectivity index is 2.71. The number of aliphatic hydroxyl groups is 1. The molecule has 2 atom stereocenters. The van der Waals surface area contributed by atoms with Gasteiger partial charge in [-0.3, -0.25) is 4.79 Å². The molecule has 4 heteroatoms. The number of carbonyl (C=O) groups excluding carboxylic acids is 1. The van der Waals surface area contributed by atoms with Crippen LogP contribution in [0.4, 0.5) is 0 Å². The Labute approximate surface area is 77.1 Å². The highest BCUT2D eigenvalue weighted by Crippen LogP contribution is 2.22. The van der Waals surface area contributed by atoms with E-state index in [1.165, 1.54) is 6.08 Å². The zero-order chi connectivity index (χ0) is 10.1. The van der Waals surface area contributed by atoms with Crippen molar-refractivity contribution in [1.29, 1.82) is 0 Å². The number of hydrogen-bond donors (Lipinski definition) is 1. The SMILES string of the molecule is C=C[C@@H](O)[C@@H]1OC(C)(C)OCC1=O. The van der Waals surface area contributed by atoms with E-state index in [1.54, 1.807) is 13.8 Å². The summed E-state index contributed by atoms with van der Waals surface area (Å²) in [6.07, 6.45) is -0.527. The summed E-state index contributed by atoms with van der Waals surface area (Å²) in [6, 6.07) is 0. The van der Waals surface area contributed by atoms with Crippen LogP contribution in [0.1, 0.15) is 13.8 Å². The molecular weight excluding hydrogens is 172 g/mol. The van der Waals surface area contributed by atoms with Crippen LogP contribution in [0.15, 0.2) is 12.7 Å². The summed E-state index contributed by atoms with van der Waals surface area (Å²) < 4.78 is 10.3. The van der Waals surface area contributed by atoms with Crippen LogP contribution in [-0.4, -0.2) is 35.5 Å². The minimum atomic E-state index is -0.962. The zero-order valence-electron chi connectivity index (χ0n) is 7.82. The van der Waals surface area contributed by atoms with E-state index < -0.39 is 18.0 Å². The Morgan fingerprint density at radius 3 is 2.92 bits per heavy atom. The molecule has 0 bridgehead atoms. The average Bonchev–Trinajstić information content (AvgIpc) is 2.08. The first kappa shape index (κ1) is 10.4. The highest BCUT2D eigenvalue weighted by Gasteiger charge is 2.38. The van der Waals surface area contributed by atoms with Gasteiger partial charge in [-0.05, 0) is 13.8 Å². The van der Waals surface area contributed by atoms with Gasteiger partial charge in [0.05, 0.1) is 0 Å². The first-order chi connectivity index (χ1) is 5.96. The van der Waals surface area contributed by atoms with Crippen molar-refractivity contribution in [2.24, 2.45) is 0 Å². The Morgan fingerprint density at radius 1 is 1.77 bits per heavy atom. The third kappa shape index (κ3) is 2.37. The molecule has 1 fully saturated rings. The number of ether oxygens (including phenoxy) is 2. The van der Waals surface area contributed by atoms with Gasteiger partial charge in [-0.2, -0.15) is 0 Å². The Morgan fingerprint density at radius 2 is 2.38 bits per heavy atom. The maximum Gasteiger partial charge on any atom is 0.190 e. The fraction of sp³-hybridized carbons (Fsp3) is 0.667. The second kappa shape index (κ2) is 3.57. The fourth-order valence-corrected chi connectivity index (χ4v) is 1.12. The van der Waals surface area contributed by atoms with E-state index in [-0.39, 0.29) is 12.4 Å². The summed E-state index contributed by atoms with van der Waals surface area (Å²) in [7, 11) is 0. The van der Waals surface area contributed by atoms with Crippen LogP contribution < -0.4 is 0 Å². The van der Waals surface area contributed by atoms with Gasteiger partial charge in [0.1, 0.15) is 12.7 Å². The van der Waals surface area contributed by atoms with Crippen molar-refractivity contribution >= 4 is 5.78 Å². The minimum absolute atomic E-state index is 0.0252. The monoisotopic (exact) mass is 186 g/mol. The average molecular weight is 186 g/mol. The summed E-state index contributed by atoms with van der Waals surface area (Å²) >= 11 is 0. The van der Waals surface area contributed by atoms with Crippen LogP contribution in [0.25, 0.3) is 0 Å². The van der Waals surface area contributed by atoms with Crippen molar-refractivity contribution in [3.63, 3.8) is 0 Å². The lowest BCUT2D eigenvalue weighted by Gasteiger charge is -2.36. The maximum absolute atomic E-state index is 11.2. The molecule has 0 radical (unpaired) electrons. The largest absolute Gasteiger partial charge is 0.386 e. The molecule has 1 heterocycles. The molecule has 1 aliphatic rings. The Kier molecular flexibility index (Phi) is 2.85. The maximum atomic E-state index is 11.2. The molecule has 0 spiro atoms. The van der Waals surface area contributed by atoms with Crippen molar-refractivity contribution in [2.75, 3.05) is 6.61 Å². The van der Waals surface area contributed by atoms with Crippen molar-refractivity contribution in [3.05, 3.63) is 12.7 Å². The second-order valence-electron chi connectivity index (χ2n) is 3.42. The van der Waals surface area contributed by atoms with Crippen LogP contribution in [0.2, 0.25) is 0 Å². The molecule has 4 nitrogen and oxygen atoms in total. The highest BCUT2D eigenvalue weighted by molar-refractivity contribution is 5.85. The normalized spacial score (nSPS) is 29.8. The number of ketones is 1. The van der Waals surface area contributed by atoms with Crippen LogP contribution in [0.5, 0.6) is 0 Å². The summed E-state index contributed by atoms with van der Waals surface area (Å²) in [6.45, 7) is 6.76. The second-order valence-corrected chi connectivity index (χ2v) is 3.42. The lowest BCUT2D eigenvalue weighted by molar-refractivity contribution is -0.267. The molecule has 1 N–H and O–H groups in total. The van der Waals surface area contributed by atoms with Crippen molar-refractivity contribution in [2.45, 2.75) is 31.8 Å². The number of aliphatic hydroxyl groups excluding tert-OH is 1. The van der Waals surface area contributed by atoms with Gasteiger partial charge in [0.25, 0.3) is 0 Å². The van der Waals surface area contributed by atoms with E-state index in [0.29, 0.717) is 0 Å². The van der Waals surface area contributed by atoms with E-state index in [9.17, 15) is 9.90 Å². The van der Waals surface area contributed by atoms with Crippen LogP contribution >= 0.6 is 0 Å². The first-order valence-electron chi connectivity index (χ1n) is 4.11. The molecule has 0 saturated carbocycles. The van der Waals surface area contributed by atoms with Gasteiger partial charge >= 0.3 is 0 Å². The molecule has 0 aromatic carbocycles. The number of Topliss-reactive ketones (excluding diaryl/α,β-unsaturated/α-hetero) is 1. The van der Waals surface area contributed by atoms with Crippen LogP contribution in [0, 0.1) is 0 Å². The van der Waals surface area contributed by atoms with E-state index >= 15 is 0 Å². The summed E-state index contributed by atoms with van der Waals surface area (Å²) in [5, 5.41) is 9.37. The van der Waals surface area contributed by atoms with Gasteiger partial charge in [-0.25, -0.2) is 0 Å². The van der Waals surface area contributed by atoms with Gasteiger partial charge in [-0.15, -0.1) is 6.58 Å². The van der Waals surface area contributed by atoms with Crippen LogP contribution in [0.3, 0.4) is 0 Å². The standard InChI is InChI=1S/C9H14O4/c1-4-6(10)8-7(11)5-12-9(2,3)13-8/h4,6,8,10H,1,5H2,2-3H3/t6-,8+/m1/s1. The Hall–Kier alpha value is -0.710. The molecule has 0 aromatic rings. The first-order valence-corrected chi connectivity index (χ1v) is 4.11. The van der Waals surface area contributed by atoms with Gasteiger partial charge < -0.3 is 14.6 Å². The Bertz CT molecular complexity index is 222. The quantitative estimate of drug-likeness (QED) is 0.628. The molecule has 13 heavy (non-hydrogen) atoms. The van der Waals surface area contributed by atoms with Gasteiger partial charge in [0.2, 0.25) is 0 Å². The predicted molar refractivity (Wildman–Crippen MR) is 46.1 cm³/mol. The number of rotatable bonds is 2. The van der Waals surface area contributed by atoms with Gasteiger partial charge in [-0.1, -0.05) is 6.08 Å². The van der Waals surface area contributed by atoms with E-state index in [0.717, 1.165) is 0 Å². The molecule has 0 amide bonds. The van der Waals surface area contributed by atoms with Crippen LogP contribution in [-0.2, 0) is 14.3 Å². The molecule has 74 valence electrons. The number of hydrogen-bond acceptors (Lipinski definition) is 4. The molecule has 0 unspecified atom stereocenters. The molecule has 1 rings (SSSR count). The highest BCUT2D eigenvalue weighted by atomic mass is 16.7. The minimum Gasteiger partial charge on any atom is -0.386 e. The molecule has 1 aliphatic heterocycles. The lowest BCUT2D eigenvalue weighted by atomic mass is 10.1. The predicted octanol–water partition coefficient (Wildman–Crippen LogP) is 0.254. The van der Waals surface area contributed by atoms with Gasteiger partial charge in [0.15, 0.2) is 17.7 Å². The smallest absolute Gasteiger partial charge is 0.190 e. The molecule has 0 aliphatic carbocycles. The van der Waals surface area contributed by atoms with E-state index in [1.807, 2.05) is 0 Å². The van der Waals surface area contributed by atoms with E-state index in [2.05, 4.69) is 6.58 Å². The third-order valence-corrected chi connectivity index (χ3v) is 1.84. The lowest BCUT2D eigenvalue weighted by Crippen LogP contribution is -2.50. The van der Waals surface area contributed by atoms with Crippen molar-refractivity contribution in [3.8, 4) is 0 Å². The summed E-state index contributed by atoms with van der Waals surface area (Å²) in [5.74, 6) is -1.07.